The molecule has 0 aromatic heterocycles. The number of para-hydroxylation sites is 1. The molecule has 1 fully saturated rings. The Balaban J connectivity index is 2.13. The second-order valence-electron chi connectivity index (χ2n) is 6.35. The van der Waals surface area contributed by atoms with E-state index in [1.165, 1.54) is 0 Å². The van der Waals surface area contributed by atoms with Gasteiger partial charge in [-0.1, -0.05) is 44.9 Å². The van der Waals surface area contributed by atoms with Crippen molar-refractivity contribution in [2.45, 2.75) is 52.4 Å². The van der Waals surface area contributed by atoms with E-state index in [4.69, 9.17) is 0 Å². The molecule has 4 nitrogen and oxygen atoms in total. The van der Waals surface area contributed by atoms with Crippen molar-refractivity contribution in [1.29, 1.82) is 0 Å². The van der Waals surface area contributed by atoms with Gasteiger partial charge >= 0.3 is 11.8 Å². The van der Waals surface area contributed by atoms with Gasteiger partial charge in [-0.25, -0.2) is 0 Å². The van der Waals surface area contributed by atoms with Crippen molar-refractivity contribution in [2.24, 2.45) is 0 Å². The normalized spacial score (nSPS) is 15.5. The third kappa shape index (κ3) is 3.87. The Kier molecular flexibility index (Phi) is 5.58. The topological polar surface area (TPSA) is 49.4 Å². The number of rotatable bonds is 2. The zero-order valence-electron chi connectivity index (χ0n) is 13.8. The van der Waals surface area contributed by atoms with Gasteiger partial charge in [0, 0.05) is 18.8 Å². The van der Waals surface area contributed by atoms with E-state index in [9.17, 15) is 9.59 Å². The van der Waals surface area contributed by atoms with Crippen LogP contribution in [0.1, 0.15) is 56.6 Å². The molecule has 1 aliphatic heterocycles. The largest absolute Gasteiger partial charge is 0.334 e. The molecule has 1 saturated heterocycles. The van der Waals surface area contributed by atoms with Crippen LogP contribution in [0.2, 0.25) is 0 Å². The van der Waals surface area contributed by atoms with Gasteiger partial charge in [-0.15, -0.1) is 0 Å². The Hall–Kier alpha value is -1.84. The minimum atomic E-state index is -0.516. The van der Waals surface area contributed by atoms with Gasteiger partial charge in [0.15, 0.2) is 0 Å². The summed E-state index contributed by atoms with van der Waals surface area (Å²) in [6.45, 7) is 7.51. The van der Waals surface area contributed by atoms with E-state index < -0.39 is 11.8 Å². The van der Waals surface area contributed by atoms with E-state index in [0.717, 1.165) is 42.5 Å². The molecule has 0 spiro atoms. The van der Waals surface area contributed by atoms with Crippen LogP contribution < -0.4 is 5.32 Å². The van der Waals surface area contributed by atoms with Crippen LogP contribution >= 0.6 is 0 Å². The minimum absolute atomic E-state index is 0.295. The molecule has 4 heteroatoms. The number of nitrogens with one attached hydrogen (secondary N) is 1. The Morgan fingerprint density at radius 2 is 1.73 bits per heavy atom. The number of likely N-dealkylation sites (tertiary alicyclic amines) is 1. The quantitative estimate of drug-likeness (QED) is 0.851. The predicted octanol–water partition coefficient (Wildman–Crippen LogP) is 3.46. The summed E-state index contributed by atoms with van der Waals surface area (Å²) in [5, 5.41) is 2.85. The molecular weight excluding hydrogens is 276 g/mol. The highest BCUT2D eigenvalue weighted by Gasteiger charge is 2.24. The fraction of sp³-hybridized carbons (Fsp3) is 0.556. The summed E-state index contributed by atoms with van der Waals surface area (Å²) in [5.41, 5.74) is 2.84. The van der Waals surface area contributed by atoms with E-state index in [-0.39, 0.29) is 0 Å². The minimum Gasteiger partial charge on any atom is -0.334 e. The molecule has 1 heterocycles. The smallest absolute Gasteiger partial charge is 0.313 e. The van der Waals surface area contributed by atoms with Crippen LogP contribution in [0.3, 0.4) is 0 Å². The molecular formula is C18H26N2O2. The number of benzene rings is 1. The molecule has 1 aliphatic rings. The molecule has 0 unspecified atom stereocenters. The summed E-state index contributed by atoms with van der Waals surface area (Å²) in [6.07, 6.45) is 4.25. The predicted molar refractivity (Wildman–Crippen MR) is 88.9 cm³/mol. The lowest BCUT2D eigenvalue weighted by Gasteiger charge is -2.21. The summed E-state index contributed by atoms with van der Waals surface area (Å²) in [4.78, 5) is 26.4. The number of carbonyl (C=O) groups is 2. The van der Waals surface area contributed by atoms with E-state index in [1.54, 1.807) is 4.90 Å². The van der Waals surface area contributed by atoms with Crippen molar-refractivity contribution in [3.8, 4) is 0 Å². The van der Waals surface area contributed by atoms with Crippen LogP contribution in [-0.2, 0) is 9.59 Å². The molecule has 0 saturated carbocycles. The zero-order valence-corrected chi connectivity index (χ0v) is 13.8. The van der Waals surface area contributed by atoms with Gasteiger partial charge in [0.1, 0.15) is 0 Å². The number of aryl methyl sites for hydroxylation is 1. The highest BCUT2D eigenvalue weighted by molar-refractivity contribution is 6.39. The van der Waals surface area contributed by atoms with Crippen molar-refractivity contribution in [3.05, 3.63) is 29.3 Å². The number of hydrogen-bond acceptors (Lipinski definition) is 2. The average molecular weight is 302 g/mol. The second-order valence-corrected chi connectivity index (χ2v) is 6.35. The lowest BCUT2D eigenvalue weighted by Crippen LogP contribution is -2.40. The Morgan fingerprint density at radius 3 is 2.32 bits per heavy atom. The molecule has 22 heavy (non-hydrogen) atoms. The Bertz CT molecular complexity index is 544. The SMILES string of the molecule is Cc1cccc(C(C)C)c1NC(=O)C(=O)N1CCCCCC1. The van der Waals surface area contributed by atoms with Gasteiger partial charge in [-0.05, 0) is 36.8 Å². The summed E-state index contributed by atoms with van der Waals surface area (Å²) >= 11 is 0. The first-order valence-corrected chi connectivity index (χ1v) is 8.20. The monoisotopic (exact) mass is 302 g/mol. The summed E-state index contributed by atoms with van der Waals surface area (Å²) in [5.74, 6) is -0.624. The number of anilines is 1. The third-order valence-corrected chi connectivity index (χ3v) is 4.25. The van der Waals surface area contributed by atoms with Crippen LogP contribution in [0.15, 0.2) is 18.2 Å². The highest BCUT2D eigenvalue weighted by atomic mass is 16.2. The lowest BCUT2D eigenvalue weighted by atomic mass is 9.98. The second kappa shape index (κ2) is 7.43. The maximum Gasteiger partial charge on any atom is 0.313 e. The molecule has 120 valence electrons. The van der Waals surface area contributed by atoms with Gasteiger partial charge in [-0.3, -0.25) is 9.59 Å². The van der Waals surface area contributed by atoms with Crippen LogP contribution in [-0.4, -0.2) is 29.8 Å². The first kappa shape index (κ1) is 16.5. The Morgan fingerprint density at radius 1 is 1.09 bits per heavy atom. The molecule has 0 atom stereocenters. The molecule has 0 aliphatic carbocycles. The maximum absolute atomic E-state index is 12.4. The molecule has 0 bridgehead atoms. The summed E-state index contributed by atoms with van der Waals surface area (Å²) in [6, 6.07) is 5.94. The van der Waals surface area contributed by atoms with Gasteiger partial charge < -0.3 is 10.2 Å². The molecule has 2 amide bonds. The standard InChI is InChI=1S/C18H26N2O2/c1-13(2)15-10-8-9-14(3)16(15)19-17(21)18(22)20-11-6-4-5-7-12-20/h8-10,13H,4-7,11-12H2,1-3H3,(H,19,21). The Labute approximate surface area is 132 Å². The average Bonchev–Trinajstić information content (AvgIpc) is 2.77. The van der Waals surface area contributed by atoms with E-state index in [2.05, 4.69) is 19.2 Å². The van der Waals surface area contributed by atoms with E-state index in [0.29, 0.717) is 19.0 Å². The van der Waals surface area contributed by atoms with Crippen molar-refractivity contribution in [2.75, 3.05) is 18.4 Å². The number of nitrogens with zero attached hydrogens (tertiary/aromatic N) is 1. The maximum atomic E-state index is 12.4. The van der Waals surface area contributed by atoms with Crippen molar-refractivity contribution >= 4 is 17.5 Å². The van der Waals surface area contributed by atoms with E-state index >= 15 is 0 Å². The van der Waals surface area contributed by atoms with Crippen molar-refractivity contribution in [3.63, 3.8) is 0 Å². The van der Waals surface area contributed by atoms with Gasteiger partial charge in [-0.2, -0.15) is 0 Å². The van der Waals surface area contributed by atoms with E-state index in [1.807, 2.05) is 25.1 Å². The van der Waals surface area contributed by atoms with Crippen LogP contribution in [0.5, 0.6) is 0 Å². The summed E-state index contributed by atoms with van der Waals surface area (Å²) < 4.78 is 0. The van der Waals surface area contributed by atoms with Gasteiger partial charge in [0.25, 0.3) is 0 Å². The zero-order chi connectivity index (χ0) is 16.1. The lowest BCUT2D eigenvalue weighted by molar-refractivity contribution is -0.143. The van der Waals surface area contributed by atoms with Gasteiger partial charge in [0.2, 0.25) is 0 Å². The third-order valence-electron chi connectivity index (χ3n) is 4.25. The van der Waals surface area contributed by atoms with Crippen molar-refractivity contribution < 1.29 is 9.59 Å². The fourth-order valence-electron chi connectivity index (χ4n) is 2.93. The molecule has 1 aromatic rings. The molecule has 0 radical (unpaired) electrons. The van der Waals surface area contributed by atoms with Crippen LogP contribution in [0.4, 0.5) is 5.69 Å². The molecule has 2 rings (SSSR count). The number of amides is 2. The highest BCUT2D eigenvalue weighted by Crippen LogP contribution is 2.27. The number of carbonyl (C=O) groups excluding carboxylic acids is 2. The first-order valence-electron chi connectivity index (χ1n) is 8.20. The van der Waals surface area contributed by atoms with Crippen LogP contribution in [0.25, 0.3) is 0 Å². The van der Waals surface area contributed by atoms with Crippen molar-refractivity contribution in [1.82, 2.24) is 4.90 Å². The van der Waals surface area contributed by atoms with Gasteiger partial charge in [0.05, 0.1) is 0 Å². The molecule has 1 N–H and O–H groups in total. The summed E-state index contributed by atoms with van der Waals surface area (Å²) in [7, 11) is 0. The molecule has 1 aromatic carbocycles. The number of hydrogen-bond donors (Lipinski definition) is 1. The van der Waals surface area contributed by atoms with Crippen LogP contribution in [0, 0.1) is 6.92 Å². The fourth-order valence-corrected chi connectivity index (χ4v) is 2.93. The first-order chi connectivity index (χ1) is 10.5.